The van der Waals surface area contributed by atoms with Crippen molar-refractivity contribution in [2.45, 2.75) is 31.5 Å². The molecule has 19 heavy (non-hydrogen) atoms. The highest BCUT2D eigenvalue weighted by Crippen LogP contribution is 2.32. The zero-order valence-corrected chi connectivity index (χ0v) is 10.7. The van der Waals surface area contributed by atoms with Crippen molar-refractivity contribution < 1.29 is 17.9 Å². The summed E-state index contributed by atoms with van der Waals surface area (Å²) in [5, 5.41) is 3.22. The number of hydrogen-bond donors (Lipinski definition) is 1. The van der Waals surface area contributed by atoms with Crippen LogP contribution in [-0.2, 0) is 17.3 Å². The Hall–Kier alpha value is -1.07. The average molecular weight is 273 g/mol. The number of halogens is 3. The van der Waals surface area contributed by atoms with E-state index >= 15 is 0 Å². The molecule has 2 rings (SSSR count). The Morgan fingerprint density at radius 3 is 2.53 bits per heavy atom. The van der Waals surface area contributed by atoms with Gasteiger partial charge in [0.05, 0.1) is 18.3 Å². The number of hydrogen-bond acceptors (Lipinski definition) is 2. The van der Waals surface area contributed by atoms with Gasteiger partial charge in [-0.25, -0.2) is 0 Å². The van der Waals surface area contributed by atoms with E-state index in [4.69, 9.17) is 4.74 Å². The first-order valence-electron chi connectivity index (χ1n) is 6.55. The van der Waals surface area contributed by atoms with Gasteiger partial charge in [0, 0.05) is 0 Å². The number of nitrogens with one attached hydrogen (secondary N) is 1. The molecule has 0 amide bonds. The summed E-state index contributed by atoms with van der Waals surface area (Å²) in [6.07, 6.45) is -1.94. The predicted molar refractivity (Wildman–Crippen MR) is 67.0 cm³/mol. The first kappa shape index (κ1) is 14.3. The molecule has 0 radical (unpaired) electrons. The molecule has 1 aromatic rings. The third-order valence-corrected chi connectivity index (χ3v) is 3.33. The van der Waals surface area contributed by atoms with Gasteiger partial charge in [-0.05, 0) is 44.0 Å². The SMILES string of the molecule is FC(F)(F)c1ccccc1CCOC1CCNCC1. The van der Waals surface area contributed by atoms with Gasteiger partial charge in [0.15, 0.2) is 0 Å². The van der Waals surface area contributed by atoms with Crippen molar-refractivity contribution in [3.8, 4) is 0 Å². The summed E-state index contributed by atoms with van der Waals surface area (Å²) >= 11 is 0. The summed E-state index contributed by atoms with van der Waals surface area (Å²) in [5.41, 5.74) is -0.243. The van der Waals surface area contributed by atoms with Crippen molar-refractivity contribution in [3.63, 3.8) is 0 Å². The van der Waals surface area contributed by atoms with E-state index in [-0.39, 0.29) is 6.10 Å². The van der Waals surface area contributed by atoms with E-state index in [1.54, 1.807) is 6.07 Å². The Balaban J connectivity index is 1.88. The minimum absolute atomic E-state index is 0.180. The quantitative estimate of drug-likeness (QED) is 0.910. The summed E-state index contributed by atoms with van der Waals surface area (Å²) in [5.74, 6) is 0. The molecule has 1 N–H and O–H groups in total. The van der Waals surface area contributed by atoms with Crippen LogP contribution in [0.4, 0.5) is 13.2 Å². The van der Waals surface area contributed by atoms with Gasteiger partial charge >= 0.3 is 6.18 Å². The van der Waals surface area contributed by atoms with Gasteiger partial charge in [0.1, 0.15) is 0 Å². The summed E-state index contributed by atoms with van der Waals surface area (Å²) < 4.78 is 44.0. The number of benzene rings is 1. The molecule has 1 fully saturated rings. The second-order valence-electron chi connectivity index (χ2n) is 4.73. The van der Waals surface area contributed by atoms with Gasteiger partial charge in [-0.15, -0.1) is 0 Å². The zero-order chi connectivity index (χ0) is 13.7. The van der Waals surface area contributed by atoms with Gasteiger partial charge in [0.2, 0.25) is 0 Å². The number of piperidine rings is 1. The van der Waals surface area contributed by atoms with E-state index in [9.17, 15) is 13.2 Å². The van der Waals surface area contributed by atoms with E-state index in [0.29, 0.717) is 18.6 Å². The largest absolute Gasteiger partial charge is 0.416 e. The highest BCUT2D eigenvalue weighted by atomic mass is 19.4. The van der Waals surface area contributed by atoms with Crippen molar-refractivity contribution >= 4 is 0 Å². The molecule has 0 aliphatic carbocycles. The van der Waals surface area contributed by atoms with Crippen LogP contribution in [0.5, 0.6) is 0 Å². The van der Waals surface area contributed by atoms with Crippen molar-refractivity contribution in [1.82, 2.24) is 5.32 Å². The van der Waals surface area contributed by atoms with E-state index in [2.05, 4.69) is 5.32 Å². The van der Waals surface area contributed by atoms with Crippen LogP contribution in [0, 0.1) is 0 Å². The van der Waals surface area contributed by atoms with Crippen LogP contribution in [0.15, 0.2) is 24.3 Å². The molecular weight excluding hydrogens is 255 g/mol. The molecular formula is C14H18F3NO. The molecule has 0 spiro atoms. The maximum absolute atomic E-state index is 12.8. The lowest BCUT2D eigenvalue weighted by molar-refractivity contribution is -0.138. The second kappa shape index (κ2) is 6.39. The molecule has 0 bridgehead atoms. The van der Waals surface area contributed by atoms with E-state index in [1.807, 2.05) is 0 Å². The molecule has 1 aliphatic heterocycles. The van der Waals surface area contributed by atoms with Crippen molar-refractivity contribution in [1.29, 1.82) is 0 Å². The molecule has 0 unspecified atom stereocenters. The molecule has 1 aliphatic rings. The van der Waals surface area contributed by atoms with Crippen molar-refractivity contribution in [2.24, 2.45) is 0 Å². The first-order valence-corrected chi connectivity index (χ1v) is 6.55. The lowest BCUT2D eigenvalue weighted by Gasteiger charge is -2.23. The van der Waals surface area contributed by atoms with Crippen LogP contribution in [0.25, 0.3) is 0 Å². The van der Waals surface area contributed by atoms with Crippen LogP contribution in [0.3, 0.4) is 0 Å². The zero-order valence-electron chi connectivity index (χ0n) is 10.7. The molecule has 5 heteroatoms. The minimum Gasteiger partial charge on any atom is -0.378 e. The third kappa shape index (κ3) is 4.21. The van der Waals surface area contributed by atoms with E-state index < -0.39 is 11.7 Å². The normalized spacial score (nSPS) is 17.6. The smallest absolute Gasteiger partial charge is 0.378 e. The van der Waals surface area contributed by atoms with Crippen LogP contribution in [0.1, 0.15) is 24.0 Å². The maximum Gasteiger partial charge on any atom is 0.416 e. The number of alkyl halides is 3. The predicted octanol–water partition coefficient (Wildman–Crippen LogP) is 3.02. The van der Waals surface area contributed by atoms with Crippen LogP contribution < -0.4 is 5.32 Å². The summed E-state index contributed by atoms with van der Waals surface area (Å²) in [6.45, 7) is 2.19. The van der Waals surface area contributed by atoms with Gasteiger partial charge in [-0.2, -0.15) is 13.2 Å². The fraction of sp³-hybridized carbons (Fsp3) is 0.571. The van der Waals surface area contributed by atoms with E-state index in [0.717, 1.165) is 32.0 Å². The van der Waals surface area contributed by atoms with Gasteiger partial charge in [-0.3, -0.25) is 0 Å². The molecule has 1 aromatic carbocycles. The van der Waals surface area contributed by atoms with Crippen LogP contribution >= 0.6 is 0 Å². The lowest BCUT2D eigenvalue weighted by Crippen LogP contribution is -2.32. The average Bonchev–Trinajstić information content (AvgIpc) is 2.39. The number of ether oxygens (including phenoxy) is 1. The maximum atomic E-state index is 12.8. The Kier molecular flexibility index (Phi) is 4.82. The van der Waals surface area contributed by atoms with Crippen LogP contribution in [0.2, 0.25) is 0 Å². The van der Waals surface area contributed by atoms with Gasteiger partial charge in [0.25, 0.3) is 0 Å². The fourth-order valence-corrected chi connectivity index (χ4v) is 2.31. The van der Waals surface area contributed by atoms with Gasteiger partial charge < -0.3 is 10.1 Å². The summed E-state index contributed by atoms with van der Waals surface area (Å²) in [6, 6.07) is 5.70. The number of rotatable bonds is 4. The van der Waals surface area contributed by atoms with E-state index in [1.165, 1.54) is 12.1 Å². The molecule has 1 saturated heterocycles. The molecule has 106 valence electrons. The molecule has 1 heterocycles. The highest BCUT2D eigenvalue weighted by Gasteiger charge is 2.32. The molecule has 2 nitrogen and oxygen atoms in total. The monoisotopic (exact) mass is 273 g/mol. The first-order chi connectivity index (χ1) is 9.07. The molecule has 0 atom stereocenters. The van der Waals surface area contributed by atoms with Gasteiger partial charge in [-0.1, -0.05) is 18.2 Å². The highest BCUT2D eigenvalue weighted by molar-refractivity contribution is 5.29. The minimum atomic E-state index is -4.29. The standard InChI is InChI=1S/C14H18F3NO/c15-14(16,17)13-4-2-1-3-11(13)7-10-19-12-5-8-18-9-6-12/h1-4,12,18H,5-10H2. The Morgan fingerprint density at radius 1 is 1.16 bits per heavy atom. The van der Waals surface area contributed by atoms with Crippen molar-refractivity contribution in [3.05, 3.63) is 35.4 Å². The molecule has 0 saturated carbocycles. The Bertz CT molecular complexity index is 400. The topological polar surface area (TPSA) is 21.3 Å². The summed E-state index contributed by atoms with van der Waals surface area (Å²) in [4.78, 5) is 0. The third-order valence-electron chi connectivity index (χ3n) is 3.33. The molecule has 0 aromatic heterocycles. The Labute approximate surface area is 111 Å². The second-order valence-corrected chi connectivity index (χ2v) is 4.73. The van der Waals surface area contributed by atoms with Crippen molar-refractivity contribution in [2.75, 3.05) is 19.7 Å². The summed E-state index contributed by atoms with van der Waals surface area (Å²) in [7, 11) is 0. The fourth-order valence-electron chi connectivity index (χ4n) is 2.31. The lowest BCUT2D eigenvalue weighted by atomic mass is 10.0. The Morgan fingerprint density at radius 2 is 1.84 bits per heavy atom. The van der Waals surface area contributed by atoms with Crippen LogP contribution in [-0.4, -0.2) is 25.8 Å².